The third kappa shape index (κ3) is 3.36. The van der Waals surface area contributed by atoms with Gasteiger partial charge >= 0.3 is 0 Å². The van der Waals surface area contributed by atoms with Crippen LogP contribution in [0.5, 0.6) is 0 Å². The van der Waals surface area contributed by atoms with Gasteiger partial charge in [-0.25, -0.2) is 9.37 Å². The van der Waals surface area contributed by atoms with Gasteiger partial charge in [0.15, 0.2) is 0 Å². The lowest BCUT2D eigenvalue weighted by Gasteiger charge is -2.05. The maximum absolute atomic E-state index is 13.0. The molecule has 2 aromatic heterocycles. The molecule has 1 N–H and O–H groups in total. The summed E-state index contributed by atoms with van der Waals surface area (Å²) >= 11 is 3.42. The number of anilines is 1. The summed E-state index contributed by atoms with van der Waals surface area (Å²) in [7, 11) is 0. The minimum atomic E-state index is -0.373. The van der Waals surface area contributed by atoms with Crippen LogP contribution < -0.4 is 5.32 Å². The van der Waals surface area contributed by atoms with Crippen LogP contribution in [0.3, 0.4) is 0 Å². The molecule has 0 spiro atoms. The van der Waals surface area contributed by atoms with Crippen molar-refractivity contribution in [2.45, 2.75) is 0 Å². The minimum Gasteiger partial charge on any atom is -0.321 e. The molecule has 0 aliphatic heterocycles. The first-order valence-corrected chi connectivity index (χ1v) is 8.69. The second kappa shape index (κ2) is 6.72. The van der Waals surface area contributed by atoms with Gasteiger partial charge in [0, 0.05) is 28.0 Å². The number of benzene rings is 2. The number of imidazole rings is 1. The molecule has 1 amide bonds. The van der Waals surface area contributed by atoms with Crippen molar-refractivity contribution in [2.75, 3.05) is 5.32 Å². The van der Waals surface area contributed by atoms with E-state index in [1.165, 1.54) is 24.3 Å². The number of hydrogen-bond donors (Lipinski definition) is 1. The molecular formula is C20H13BrFN3O. The molecule has 0 bridgehead atoms. The van der Waals surface area contributed by atoms with E-state index in [-0.39, 0.29) is 11.7 Å². The normalized spacial score (nSPS) is 10.8. The Morgan fingerprint density at radius 2 is 1.69 bits per heavy atom. The number of fused-ring (bicyclic) bond motifs is 1. The van der Waals surface area contributed by atoms with E-state index in [9.17, 15) is 9.18 Å². The van der Waals surface area contributed by atoms with E-state index in [1.807, 2.05) is 40.9 Å². The van der Waals surface area contributed by atoms with E-state index in [0.29, 0.717) is 11.3 Å². The highest BCUT2D eigenvalue weighted by atomic mass is 79.9. The Morgan fingerprint density at radius 3 is 2.42 bits per heavy atom. The summed E-state index contributed by atoms with van der Waals surface area (Å²) in [6.07, 6.45) is 3.71. The van der Waals surface area contributed by atoms with E-state index < -0.39 is 0 Å². The van der Waals surface area contributed by atoms with Crippen molar-refractivity contribution in [1.82, 2.24) is 9.38 Å². The smallest absolute Gasteiger partial charge is 0.255 e. The lowest BCUT2D eigenvalue weighted by Crippen LogP contribution is -2.12. The van der Waals surface area contributed by atoms with E-state index in [0.717, 1.165) is 21.4 Å². The number of pyridine rings is 1. The molecule has 0 saturated carbocycles. The number of nitrogens with one attached hydrogen (secondary N) is 1. The number of carbonyl (C=O) groups is 1. The van der Waals surface area contributed by atoms with Gasteiger partial charge in [-0.1, -0.05) is 28.1 Å². The maximum atomic E-state index is 13.0. The number of aromatic nitrogens is 2. The zero-order chi connectivity index (χ0) is 18.1. The van der Waals surface area contributed by atoms with E-state index in [4.69, 9.17) is 0 Å². The number of halogens is 2. The van der Waals surface area contributed by atoms with E-state index >= 15 is 0 Å². The summed E-state index contributed by atoms with van der Waals surface area (Å²) in [6, 6.07) is 17.0. The Hall–Kier alpha value is -2.99. The van der Waals surface area contributed by atoms with E-state index in [1.54, 1.807) is 12.3 Å². The first-order chi connectivity index (χ1) is 12.6. The summed E-state index contributed by atoms with van der Waals surface area (Å²) in [6.45, 7) is 0. The van der Waals surface area contributed by atoms with Crippen LogP contribution in [0.1, 0.15) is 10.4 Å². The van der Waals surface area contributed by atoms with Crippen LogP contribution in [-0.2, 0) is 0 Å². The second-order valence-electron chi connectivity index (χ2n) is 5.78. The molecule has 6 heteroatoms. The summed E-state index contributed by atoms with van der Waals surface area (Å²) in [4.78, 5) is 16.9. The Kier molecular flexibility index (Phi) is 4.26. The van der Waals surface area contributed by atoms with Gasteiger partial charge < -0.3 is 9.72 Å². The van der Waals surface area contributed by atoms with Gasteiger partial charge in [0.25, 0.3) is 5.91 Å². The Balaban J connectivity index is 1.60. The summed E-state index contributed by atoms with van der Waals surface area (Å²) in [5, 5.41) is 2.81. The first kappa shape index (κ1) is 16.5. The number of amides is 1. The third-order valence-corrected chi connectivity index (χ3v) is 4.48. The predicted molar refractivity (Wildman–Crippen MR) is 103 cm³/mol. The highest BCUT2D eigenvalue weighted by molar-refractivity contribution is 9.10. The average molecular weight is 410 g/mol. The number of hydrogen-bond acceptors (Lipinski definition) is 2. The van der Waals surface area contributed by atoms with Gasteiger partial charge in [0.1, 0.15) is 11.5 Å². The lowest BCUT2D eigenvalue weighted by atomic mass is 10.2. The molecule has 0 fully saturated rings. The lowest BCUT2D eigenvalue weighted by molar-refractivity contribution is 0.102. The zero-order valence-electron chi connectivity index (χ0n) is 13.5. The highest BCUT2D eigenvalue weighted by Crippen LogP contribution is 2.22. The molecule has 0 unspecified atom stereocenters. The van der Waals surface area contributed by atoms with Crippen LogP contribution in [0.4, 0.5) is 10.1 Å². The molecule has 0 aliphatic carbocycles. The molecule has 128 valence electrons. The van der Waals surface area contributed by atoms with Crippen molar-refractivity contribution in [3.8, 4) is 11.3 Å². The fourth-order valence-electron chi connectivity index (χ4n) is 2.63. The van der Waals surface area contributed by atoms with Gasteiger partial charge in [0.05, 0.1) is 11.4 Å². The molecule has 2 heterocycles. The van der Waals surface area contributed by atoms with Gasteiger partial charge in [-0.3, -0.25) is 4.79 Å². The van der Waals surface area contributed by atoms with Crippen molar-refractivity contribution in [2.24, 2.45) is 0 Å². The van der Waals surface area contributed by atoms with Gasteiger partial charge in [0.2, 0.25) is 0 Å². The summed E-state index contributed by atoms with van der Waals surface area (Å²) < 4.78 is 15.8. The predicted octanol–water partition coefficient (Wildman–Crippen LogP) is 5.16. The van der Waals surface area contributed by atoms with Crippen LogP contribution in [-0.4, -0.2) is 15.3 Å². The minimum absolute atomic E-state index is 0.294. The Labute approximate surface area is 157 Å². The largest absolute Gasteiger partial charge is 0.321 e. The average Bonchev–Trinajstić information content (AvgIpc) is 3.06. The monoisotopic (exact) mass is 409 g/mol. The molecule has 2 aromatic carbocycles. The van der Waals surface area contributed by atoms with Crippen molar-refractivity contribution in [3.05, 3.63) is 88.9 Å². The molecule has 4 aromatic rings. The maximum Gasteiger partial charge on any atom is 0.255 e. The summed E-state index contributed by atoms with van der Waals surface area (Å²) in [5.74, 6) is -0.667. The SMILES string of the molecule is O=C(Nc1ccc2nc(-c3ccc(Br)cc3)cn2c1)c1ccc(F)cc1. The Bertz CT molecular complexity index is 1090. The molecular weight excluding hydrogens is 397 g/mol. The molecule has 0 saturated heterocycles. The van der Waals surface area contributed by atoms with Gasteiger partial charge in [-0.2, -0.15) is 0 Å². The van der Waals surface area contributed by atoms with Crippen molar-refractivity contribution < 1.29 is 9.18 Å². The van der Waals surface area contributed by atoms with E-state index in [2.05, 4.69) is 26.2 Å². The molecule has 0 radical (unpaired) electrons. The van der Waals surface area contributed by atoms with Crippen LogP contribution in [0.15, 0.2) is 77.5 Å². The van der Waals surface area contributed by atoms with Crippen LogP contribution in [0.25, 0.3) is 16.9 Å². The number of carbonyl (C=O) groups excluding carboxylic acids is 1. The fraction of sp³-hybridized carbons (Fsp3) is 0. The van der Waals surface area contributed by atoms with Crippen LogP contribution in [0, 0.1) is 5.82 Å². The molecule has 4 nitrogen and oxygen atoms in total. The van der Waals surface area contributed by atoms with Crippen molar-refractivity contribution in [3.63, 3.8) is 0 Å². The standard InChI is InChI=1S/C20H13BrFN3O/c21-15-5-1-13(2-6-15)18-12-25-11-17(9-10-19(25)24-18)23-20(26)14-3-7-16(22)8-4-14/h1-12H,(H,23,26). The molecule has 0 atom stereocenters. The first-order valence-electron chi connectivity index (χ1n) is 7.90. The zero-order valence-corrected chi connectivity index (χ0v) is 15.1. The number of rotatable bonds is 3. The Morgan fingerprint density at radius 1 is 0.962 bits per heavy atom. The van der Waals surface area contributed by atoms with Crippen LogP contribution in [0.2, 0.25) is 0 Å². The van der Waals surface area contributed by atoms with Crippen molar-refractivity contribution >= 4 is 33.2 Å². The highest BCUT2D eigenvalue weighted by Gasteiger charge is 2.08. The van der Waals surface area contributed by atoms with Gasteiger partial charge in [-0.05, 0) is 48.5 Å². The van der Waals surface area contributed by atoms with Crippen LogP contribution >= 0.6 is 15.9 Å². The molecule has 4 rings (SSSR count). The van der Waals surface area contributed by atoms with Crippen molar-refractivity contribution in [1.29, 1.82) is 0 Å². The quantitative estimate of drug-likeness (QED) is 0.508. The topological polar surface area (TPSA) is 46.4 Å². The summed E-state index contributed by atoms with van der Waals surface area (Å²) in [5.41, 5.74) is 3.66. The molecule has 26 heavy (non-hydrogen) atoms. The third-order valence-electron chi connectivity index (χ3n) is 3.96. The number of nitrogens with zero attached hydrogens (tertiary/aromatic N) is 2. The fourth-order valence-corrected chi connectivity index (χ4v) is 2.89. The second-order valence-corrected chi connectivity index (χ2v) is 6.69. The van der Waals surface area contributed by atoms with Gasteiger partial charge in [-0.15, -0.1) is 0 Å². The molecule has 0 aliphatic rings.